The van der Waals surface area contributed by atoms with Gasteiger partial charge < -0.3 is 29.8 Å². The van der Waals surface area contributed by atoms with Gasteiger partial charge in [0.1, 0.15) is 0 Å². The van der Waals surface area contributed by atoms with Crippen molar-refractivity contribution < 1.29 is 19.1 Å². The Morgan fingerprint density at radius 1 is 0.951 bits per heavy atom. The van der Waals surface area contributed by atoms with Crippen molar-refractivity contribution in [2.45, 2.75) is 13.8 Å². The number of aryl methyl sites for hydroxylation is 1. The van der Waals surface area contributed by atoms with Crippen LogP contribution in [0.2, 0.25) is 0 Å². The van der Waals surface area contributed by atoms with Crippen LogP contribution >= 0.6 is 0 Å². The first-order valence-corrected chi connectivity index (χ1v) is 13.1. The average molecular weight is 551 g/mol. The molecule has 5 rings (SSSR count). The number of carbonyl (C=O) groups excluding carboxylic acids is 2. The first-order chi connectivity index (χ1) is 19.9. The standard InChI is InChI=1S/C31H30N6O4/c1-5-41-26-13-12-23(17-27(26)40-4)34-28-29-33-14-15-37(29)18-25(36-28)21-7-6-19(2)24(16-21)31(39)35-22-10-8-20(9-11-22)30(38)32-3/h6-18H,5H2,1-4H3,(H,32,38)(H,34,36)(H,35,39). The number of hydrogen-bond acceptors (Lipinski definition) is 7. The summed E-state index contributed by atoms with van der Waals surface area (Å²) in [6.45, 7) is 4.33. The number of ether oxygens (including phenoxy) is 2. The number of imidazole rings is 1. The number of nitrogens with one attached hydrogen (secondary N) is 3. The van der Waals surface area contributed by atoms with Gasteiger partial charge in [-0.2, -0.15) is 0 Å². The lowest BCUT2D eigenvalue weighted by Gasteiger charge is -2.14. The third-order valence-corrected chi connectivity index (χ3v) is 6.51. The first-order valence-electron chi connectivity index (χ1n) is 13.1. The van der Waals surface area contributed by atoms with Crippen molar-refractivity contribution in [3.05, 3.63) is 95.9 Å². The fraction of sp³-hybridized carbons (Fsp3) is 0.161. The quantitative estimate of drug-likeness (QED) is 0.223. The molecule has 41 heavy (non-hydrogen) atoms. The van der Waals surface area contributed by atoms with Crippen LogP contribution in [-0.4, -0.2) is 46.9 Å². The van der Waals surface area contributed by atoms with Crippen molar-refractivity contribution in [1.29, 1.82) is 0 Å². The Labute approximate surface area is 237 Å². The number of hydrogen-bond donors (Lipinski definition) is 3. The lowest BCUT2D eigenvalue weighted by atomic mass is 10.0. The molecule has 2 aromatic heterocycles. The van der Waals surface area contributed by atoms with Crippen LogP contribution in [-0.2, 0) is 0 Å². The van der Waals surface area contributed by atoms with E-state index in [9.17, 15) is 9.59 Å². The molecular weight excluding hydrogens is 520 g/mol. The van der Waals surface area contributed by atoms with E-state index < -0.39 is 0 Å². The molecule has 0 fully saturated rings. The van der Waals surface area contributed by atoms with Gasteiger partial charge in [-0.3, -0.25) is 9.59 Å². The highest BCUT2D eigenvalue weighted by atomic mass is 16.5. The number of anilines is 3. The molecule has 10 nitrogen and oxygen atoms in total. The number of aromatic nitrogens is 3. The highest BCUT2D eigenvalue weighted by molar-refractivity contribution is 6.06. The molecule has 0 atom stereocenters. The monoisotopic (exact) mass is 550 g/mol. The Kier molecular flexibility index (Phi) is 7.82. The smallest absolute Gasteiger partial charge is 0.255 e. The number of amides is 2. The molecule has 0 aliphatic heterocycles. The number of carbonyl (C=O) groups is 2. The Balaban J connectivity index is 1.44. The summed E-state index contributed by atoms with van der Waals surface area (Å²) >= 11 is 0. The Morgan fingerprint density at radius 2 is 1.73 bits per heavy atom. The van der Waals surface area contributed by atoms with E-state index in [4.69, 9.17) is 14.5 Å². The minimum absolute atomic E-state index is 0.190. The fourth-order valence-electron chi connectivity index (χ4n) is 4.39. The number of nitrogens with zero attached hydrogens (tertiary/aromatic N) is 3. The molecule has 208 valence electrons. The van der Waals surface area contributed by atoms with Gasteiger partial charge in [0.05, 0.1) is 19.4 Å². The topological polar surface area (TPSA) is 119 Å². The van der Waals surface area contributed by atoms with Crippen molar-refractivity contribution in [2.24, 2.45) is 0 Å². The van der Waals surface area contributed by atoms with Gasteiger partial charge >= 0.3 is 0 Å². The highest BCUT2D eigenvalue weighted by Crippen LogP contribution is 2.32. The largest absolute Gasteiger partial charge is 0.493 e. The minimum Gasteiger partial charge on any atom is -0.493 e. The summed E-state index contributed by atoms with van der Waals surface area (Å²) in [7, 11) is 3.17. The Bertz CT molecular complexity index is 1730. The zero-order valence-electron chi connectivity index (χ0n) is 23.2. The van der Waals surface area contributed by atoms with Crippen molar-refractivity contribution in [1.82, 2.24) is 19.7 Å². The molecule has 10 heteroatoms. The molecule has 0 bridgehead atoms. The highest BCUT2D eigenvalue weighted by Gasteiger charge is 2.15. The van der Waals surface area contributed by atoms with Crippen LogP contribution in [0.3, 0.4) is 0 Å². The Morgan fingerprint density at radius 3 is 2.46 bits per heavy atom. The maximum Gasteiger partial charge on any atom is 0.255 e. The molecule has 5 aromatic rings. The zero-order valence-corrected chi connectivity index (χ0v) is 23.2. The molecular formula is C31H30N6O4. The third-order valence-electron chi connectivity index (χ3n) is 6.51. The summed E-state index contributed by atoms with van der Waals surface area (Å²) < 4.78 is 13.0. The lowest BCUT2D eigenvalue weighted by Crippen LogP contribution is -2.18. The van der Waals surface area contributed by atoms with E-state index in [1.54, 1.807) is 44.6 Å². The van der Waals surface area contributed by atoms with Crippen molar-refractivity contribution in [3.63, 3.8) is 0 Å². The number of fused-ring (bicyclic) bond motifs is 1. The molecule has 2 amide bonds. The summed E-state index contributed by atoms with van der Waals surface area (Å²) in [6, 6.07) is 17.9. The maximum absolute atomic E-state index is 13.2. The van der Waals surface area contributed by atoms with E-state index in [0.717, 1.165) is 16.8 Å². The second kappa shape index (κ2) is 11.8. The number of benzene rings is 3. The number of rotatable bonds is 9. The van der Waals surface area contributed by atoms with E-state index >= 15 is 0 Å². The van der Waals surface area contributed by atoms with Crippen molar-refractivity contribution >= 4 is 34.7 Å². The fourth-order valence-corrected chi connectivity index (χ4v) is 4.39. The molecule has 0 saturated carbocycles. The summed E-state index contributed by atoms with van der Waals surface area (Å²) in [6.07, 6.45) is 5.42. The Hall–Kier alpha value is -5.38. The molecule has 3 aromatic carbocycles. The molecule has 0 unspecified atom stereocenters. The van der Waals surface area contributed by atoms with Gasteiger partial charge in [0.25, 0.3) is 11.8 Å². The minimum atomic E-state index is -0.263. The van der Waals surface area contributed by atoms with Crippen molar-refractivity contribution in [3.8, 4) is 22.8 Å². The van der Waals surface area contributed by atoms with Gasteiger partial charge in [0.2, 0.25) is 0 Å². The second-order valence-corrected chi connectivity index (χ2v) is 9.20. The van der Waals surface area contributed by atoms with E-state index in [1.807, 2.05) is 67.0 Å². The maximum atomic E-state index is 13.2. The predicted octanol–water partition coefficient (Wildman–Crippen LogP) is 5.47. The molecule has 0 aliphatic carbocycles. The van der Waals surface area contributed by atoms with Gasteiger partial charge in [-0.05, 0) is 61.9 Å². The van der Waals surface area contributed by atoms with Crippen molar-refractivity contribution in [2.75, 3.05) is 31.4 Å². The zero-order chi connectivity index (χ0) is 28.9. The van der Waals surface area contributed by atoms with Crippen LogP contribution in [0.15, 0.2) is 79.3 Å². The van der Waals surface area contributed by atoms with Crippen LogP contribution in [0.5, 0.6) is 11.5 Å². The van der Waals surface area contributed by atoms with E-state index in [-0.39, 0.29) is 11.8 Å². The number of methoxy groups -OCH3 is 1. The normalized spacial score (nSPS) is 10.7. The molecule has 0 aliphatic rings. The summed E-state index contributed by atoms with van der Waals surface area (Å²) in [5.74, 6) is 1.34. The molecule has 0 spiro atoms. The van der Waals surface area contributed by atoms with Gasteiger partial charge in [-0.15, -0.1) is 0 Å². The van der Waals surface area contributed by atoms with Crippen LogP contribution < -0.4 is 25.4 Å². The molecule has 0 saturated heterocycles. The summed E-state index contributed by atoms with van der Waals surface area (Å²) in [5, 5.41) is 8.84. The van der Waals surface area contributed by atoms with Gasteiger partial charge in [-0.1, -0.05) is 12.1 Å². The second-order valence-electron chi connectivity index (χ2n) is 9.20. The van der Waals surface area contributed by atoms with Gasteiger partial charge in [-0.25, -0.2) is 9.97 Å². The van der Waals surface area contributed by atoms with Crippen LogP contribution in [0.25, 0.3) is 16.9 Å². The van der Waals surface area contributed by atoms with E-state index in [2.05, 4.69) is 20.9 Å². The molecule has 2 heterocycles. The average Bonchev–Trinajstić information content (AvgIpc) is 3.47. The lowest BCUT2D eigenvalue weighted by molar-refractivity contribution is 0.0962. The van der Waals surface area contributed by atoms with E-state index in [1.165, 1.54) is 0 Å². The van der Waals surface area contributed by atoms with Gasteiger partial charge in [0.15, 0.2) is 23.0 Å². The third kappa shape index (κ3) is 5.81. The predicted molar refractivity (Wildman–Crippen MR) is 158 cm³/mol. The first kappa shape index (κ1) is 27.2. The van der Waals surface area contributed by atoms with Crippen LogP contribution in [0.1, 0.15) is 33.2 Å². The van der Waals surface area contributed by atoms with Crippen LogP contribution in [0, 0.1) is 6.92 Å². The van der Waals surface area contributed by atoms with Crippen LogP contribution in [0.4, 0.5) is 17.2 Å². The molecule has 3 N–H and O–H groups in total. The SMILES string of the molecule is CCOc1ccc(Nc2nc(-c3ccc(C)c(C(=O)Nc4ccc(C(=O)NC)cc4)c3)cn3ccnc23)cc1OC. The molecule has 0 radical (unpaired) electrons. The summed E-state index contributed by atoms with van der Waals surface area (Å²) in [5.41, 5.74) is 5.24. The van der Waals surface area contributed by atoms with E-state index in [0.29, 0.717) is 52.1 Å². The van der Waals surface area contributed by atoms with Gasteiger partial charge in [0, 0.05) is 59.8 Å². The summed E-state index contributed by atoms with van der Waals surface area (Å²) in [4.78, 5) is 34.4.